The van der Waals surface area contributed by atoms with Crippen LogP contribution in [0.15, 0.2) is 23.0 Å². The zero-order valence-electron chi connectivity index (χ0n) is 18.9. The Balaban J connectivity index is 1.50. The summed E-state index contributed by atoms with van der Waals surface area (Å²) in [6.07, 6.45) is 3.73. The molecule has 2 amide bonds. The topological polar surface area (TPSA) is 99.8 Å². The van der Waals surface area contributed by atoms with Gasteiger partial charge in [0.2, 0.25) is 0 Å². The van der Waals surface area contributed by atoms with Gasteiger partial charge in [0.25, 0.3) is 0 Å². The number of aromatic nitrogens is 3. The van der Waals surface area contributed by atoms with Gasteiger partial charge in [0.05, 0.1) is 33.1 Å². The maximum atomic E-state index is 13.0. The van der Waals surface area contributed by atoms with Gasteiger partial charge in [-0.15, -0.1) is 0 Å². The molecule has 1 aliphatic heterocycles. The monoisotopic (exact) mass is 445 g/mol. The van der Waals surface area contributed by atoms with Gasteiger partial charge < -0.3 is 24.4 Å². The first-order valence-corrected chi connectivity index (χ1v) is 11.0. The number of nitrogens with one attached hydrogen (secondary N) is 1. The summed E-state index contributed by atoms with van der Waals surface area (Å²) in [6.45, 7) is 2.02. The lowest BCUT2D eigenvalue weighted by atomic mass is 9.97. The Kier molecular flexibility index (Phi) is 6.69. The molecule has 4 rings (SSSR count). The molecule has 2 fully saturated rings. The van der Waals surface area contributed by atoms with E-state index in [4.69, 9.17) is 14.2 Å². The van der Waals surface area contributed by atoms with Crippen molar-refractivity contribution in [3.63, 3.8) is 0 Å². The van der Waals surface area contributed by atoms with Crippen LogP contribution in [0.5, 0.6) is 11.5 Å². The van der Waals surface area contributed by atoms with Crippen LogP contribution in [-0.4, -0.2) is 66.3 Å². The third kappa shape index (κ3) is 4.59. The molecular formula is C22H31N5O5. The summed E-state index contributed by atoms with van der Waals surface area (Å²) in [5, 5.41) is 7.60. The summed E-state index contributed by atoms with van der Waals surface area (Å²) < 4.78 is 19.1. The lowest BCUT2D eigenvalue weighted by molar-refractivity contribution is 0.181. The Hall–Kier alpha value is -3.01. The smallest absolute Gasteiger partial charge is 0.346 e. The van der Waals surface area contributed by atoms with Crippen molar-refractivity contribution < 1.29 is 19.0 Å². The Morgan fingerprint density at radius 1 is 1.19 bits per heavy atom. The number of nitrogens with zero attached hydrogens (tertiary/aromatic N) is 4. The van der Waals surface area contributed by atoms with E-state index in [-0.39, 0.29) is 23.7 Å². The lowest BCUT2D eigenvalue weighted by Gasteiger charge is -2.32. The molecule has 10 heteroatoms. The fourth-order valence-corrected chi connectivity index (χ4v) is 4.18. The molecule has 1 saturated carbocycles. The average Bonchev–Trinajstić information content (AvgIpc) is 3.60. The van der Waals surface area contributed by atoms with Gasteiger partial charge in [0.15, 0.2) is 0 Å². The Labute approximate surface area is 187 Å². The van der Waals surface area contributed by atoms with E-state index >= 15 is 0 Å². The Bertz CT molecular complexity index is 1010. The Morgan fingerprint density at radius 2 is 2.00 bits per heavy atom. The summed E-state index contributed by atoms with van der Waals surface area (Å²) in [6, 6.07) is 5.30. The number of likely N-dealkylation sites (tertiary alicyclic amines) is 1. The maximum Gasteiger partial charge on any atom is 0.346 e. The van der Waals surface area contributed by atoms with Crippen LogP contribution in [-0.2, 0) is 11.3 Å². The molecule has 2 aromatic rings. The third-order valence-corrected chi connectivity index (χ3v) is 6.04. The van der Waals surface area contributed by atoms with E-state index < -0.39 is 0 Å². The van der Waals surface area contributed by atoms with E-state index in [1.54, 1.807) is 44.4 Å². The van der Waals surface area contributed by atoms with Gasteiger partial charge in [-0.2, -0.15) is 5.10 Å². The minimum Gasteiger partial charge on any atom is -0.497 e. The normalized spacial score (nSPS) is 18.5. The second-order valence-corrected chi connectivity index (χ2v) is 8.24. The number of hydrogen-bond donors (Lipinski definition) is 1. The highest BCUT2D eigenvalue weighted by Gasteiger charge is 2.35. The molecule has 1 aliphatic carbocycles. The molecule has 32 heavy (non-hydrogen) atoms. The summed E-state index contributed by atoms with van der Waals surface area (Å²) >= 11 is 0. The van der Waals surface area contributed by atoms with Crippen LogP contribution in [0.4, 0.5) is 10.5 Å². The number of ether oxygens (including phenoxy) is 3. The van der Waals surface area contributed by atoms with Crippen LogP contribution in [0.25, 0.3) is 0 Å². The van der Waals surface area contributed by atoms with E-state index in [2.05, 4.69) is 10.4 Å². The zero-order valence-corrected chi connectivity index (χ0v) is 18.9. The van der Waals surface area contributed by atoms with E-state index in [1.807, 2.05) is 4.57 Å². The van der Waals surface area contributed by atoms with Gasteiger partial charge >= 0.3 is 11.7 Å². The van der Waals surface area contributed by atoms with Gasteiger partial charge in [-0.1, -0.05) is 0 Å². The number of benzene rings is 1. The fraction of sp³-hybridized carbons (Fsp3) is 0.591. The van der Waals surface area contributed by atoms with Crippen molar-refractivity contribution in [3.05, 3.63) is 34.5 Å². The summed E-state index contributed by atoms with van der Waals surface area (Å²) in [5.41, 5.74) is 0.503. The minimum absolute atomic E-state index is 0.0179. The number of rotatable bonds is 8. The standard InChI is InChI=1S/C22H31N5O5/c1-30-12-11-26-22(29)27(16-6-7-16)20(24-26)15-5-4-10-25(14-15)21(28)23-18-9-8-17(31-2)13-19(18)32-3/h8-9,13,15-16H,4-7,10-12,14H2,1-3H3,(H,23,28). The molecule has 1 N–H and O–H groups in total. The fourth-order valence-electron chi connectivity index (χ4n) is 4.18. The molecule has 2 heterocycles. The first kappa shape index (κ1) is 22.2. The van der Waals surface area contributed by atoms with E-state index in [1.165, 1.54) is 4.68 Å². The minimum atomic E-state index is -0.197. The molecule has 1 unspecified atom stereocenters. The SMILES string of the molecule is COCCn1nc(C2CCCN(C(=O)Nc3ccc(OC)cc3OC)C2)n(C2CC2)c1=O. The van der Waals surface area contributed by atoms with E-state index in [0.29, 0.717) is 43.4 Å². The molecule has 1 saturated heterocycles. The van der Waals surface area contributed by atoms with Crippen molar-refractivity contribution in [2.75, 3.05) is 46.3 Å². The quantitative estimate of drug-likeness (QED) is 0.670. The number of carbonyl (C=O) groups is 1. The third-order valence-electron chi connectivity index (χ3n) is 6.04. The number of carbonyl (C=O) groups excluding carboxylic acids is 1. The number of piperidine rings is 1. The Morgan fingerprint density at radius 3 is 2.69 bits per heavy atom. The second-order valence-electron chi connectivity index (χ2n) is 8.24. The van der Waals surface area contributed by atoms with Gasteiger partial charge in [-0.25, -0.2) is 14.3 Å². The molecule has 174 valence electrons. The van der Waals surface area contributed by atoms with Crippen LogP contribution in [0.3, 0.4) is 0 Å². The number of urea groups is 1. The van der Waals surface area contributed by atoms with E-state index in [9.17, 15) is 9.59 Å². The zero-order chi connectivity index (χ0) is 22.7. The molecule has 0 bridgehead atoms. The van der Waals surface area contributed by atoms with E-state index in [0.717, 1.165) is 31.5 Å². The van der Waals surface area contributed by atoms with Crippen molar-refractivity contribution in [3.8, 4) is 11.5 Å². The molecular weight excluding hydrogens is 414 g/mol. The van der Waals surface area contributed by atoms with Crippen molar-refractivity contribution in [1.82, 2.24) is 19.2 Å². The molecule has 1 aromatic carbocycles. The highest BCUT2D eigenvalue weighted by molar-refractivity contribution is 5.91. The van der Waals surface area contributed by atoms with Crippen LogP contribution < -0.4 is 20.5 Å². The molecule has 2 aliphatic rings. The maximum absolute atomic E-state index is 13.0. The predicted molar refractivity (Wildman–Crippen MR) is 119 cm³/mol. The average molecular weight is 446 g/mol. The summed E-state index contributed by atoms with van der Waals surface area (Å²) in [4.78, 5) is 27.7. The molecule has 1 atom stereocenters. The van der Waals surface area contributed by atoms with Gasteiger partial charge in [0.1, 0.15) is 17.3 Å². The van der Waals surface area contributed by atoms with Gasteiger partial charge in [0, 0.05) is 38.2 Å². The number of methoxy groups -OCH3 is 3. The van der Waals surface area contributed by atoms with Crippen molar-refractivity contribution in [2.24, 2.45) is 0 Å². The second kappa shape index (κ2) is 9.64. The highest BCUT2D eigenvalue weighted by atomic mass is 16.5. The summed E-state index contributed by atoms with van der Waals surface area (Å²) in [5.74, 6) is 1.99. The van der Waals surface area contributed by atoms with Gasteiger partial charge in [-0.05, 0) is 37.8 Å². The van der Waals surface area contributed by atoms with Crippen molar-refractivity contribution in [2.45, 2.75) is 44.2 Å². The lowest BCUT2D eigenvalue weighted by Crippen LogP contribution is -2.42. The van der Waals surface area contributed by atoms with Gasteiger partial charge in [-0.3, -0.25) is 4.57 Å². The molecule has 1 aromatic heterocycles. The number of anilines is 1. The largest absolute Gasteiger partial charge is 0.497 e. The van der Waals surface area contributed by atoms with Crippen molar-refractivity contribution >= 4 is 11.7 Å². The highest BCUT2D eigenvalue weighted by Crippen LogP contribution is 2.37. The first-order valence-electron chi connectivity index (χ1n) is 11.0. The number of hydrogen-bond acceptors (Lipinski definition) is 6. The van der Waals surface area contributed by atoms with Crippen LogP contribution in [0.2, 0.25) is 0 Å². The molecule has 0 spiro atoms. The van der Waals surface area contributed by atoms with Crippen LogP contribution in [0, 0.1) is 0 Å². The number of amides is 2. The van der Waals surface area contributed by atoms with Crippen molar-refractivity contribution in [1.29, 1.82) is 0 Å². The van der Waals surface area contributed by atoms with Crippen LogP contribution >= 0.6 is 0 Å². The molecule has 0 radical (unpaired) electrons. The molecule has 10 nitrogen and oxygen atoms in total. The van der Waals surface area contributed by atoms with Crippen LogP contribution in [0.1, 0.15) is 43.5 Å². The predicted octanol–water partition coefficient (Wildman–Crippen LogP) is 2.45. The summed E-state index contributed by atoms with van der Waals surface area (Å²) in [7, 11) is 4.75. The first-order chi connectivity index (χ1) is 15.5.